The summed E-state index contributed by atoms with van der Waals surface area (Å²) in [6.07, 6.45) is 0.589. The lowest BCUT2D eigenvalue weighted by Crippen LogP contribution is -2.60. The monoisotopic (exact) mass is 230 g/mol. The Hall–Kier alpha value is -0.840. The molecule has 2 rings (SSSR count). The van der Waals surface area contributed by atoms with Gasteiger partial charge in [0.25, 0.3) is 0 Å². The minimum absolute atomic E-state index is 0.0615. The van der Waals surface area contributed by atoms with Gasteiger partial charge < -0.3 is 10.1 Å². The molecule has 0 aromatic heterocycles. The van der Waals surface area contributed by atoms with Crippen LogP contribution in [0.4, 0.5) is 9.18 Å². The molecule has 1 amide bonds. The summed E-state index contributed by atoms with van der Waals surface area (Å²) in [5, 5.41) is 3.01. The Morgan fingerprint density at radius 2 is 2.25 bits per heavy atom. The zero-order valence-electron chi connectivity index (χ0n) is 10.0. The van der Waals surface area contributed by atoms with Gasteiger partial charge in [-0.3, -0.25) is 4.90 Å². The average molecular weight is 230 g/mol. The molecule has 2 saturated heterocycles. The minimum atomic E-state index is -1.55. The second-order valence-corrected chi connectivity index (χ2v) is 5.59. The highest BCUT2D eigenvalue weighted by atomic mass is 19.1. The molecule has 0 unspecified atom stereocenters. The van der Waals surface area contributed by atoms with E-state index in [0.29, 0.717) is 19.4 Å². The first-order valence-corrected chi connectivity index (χ1v) is 5.74. The zero-order chi connectivity index (χ0) is 12.0. The quantitative estimate of drug-likeness (QED) is 0.643. The van der Waals surface area contributed by atoms with Crippen molar-refractivity contribution >= 4 is 6.09 Å². The fourth-order valence-electron chi connectivity index (χ4n) is 2.39. The molecule has 0 aromatic rings. The first-order chi connectivity index (χ1) is 7.32. The predicted octanol–water partition coefficient (Wildman–Crippen LogP) is 1.65. The minimum Gasteiger partial charge on any atom is -0.444 e. The van der Waals surface area contributed by atoms with E-state index in [-0.39, 0.29) is 12.6 Å². The Labute approximate surface area is 95.1 Å². The number of rotatable bonds is 0. The van der Waals surface area contributed by atoms with Gasteiger partial charge in [-0.05, 0) is 27.2 Å². The van der Waals surface area contributed by atoms with E-state index in [4.69, 9.17) is 4.74 Å². The Balaban J connectivity index is 2.12. The van der Waals surface area contributed by atoms with E-state index in [0.717, 1.165) is 0 Å². The number of piperazine rings is 1. The Morgan fingerprint density at radius 1 is 1.56 bits per heavy atom. The van der Waals surface area contributed by atoms with Crippen LogP contribution in [0, 0.1) is 0 Å². The molecule has 1 N–H and O–H groups in total. The molecule has 0 aromatic carbocycles. The number of hydrogen-bond acceptors (Lipinski definition) is 3. The number of ether oxygens (including phenoxy) is 1. The molecule has 2 aliphatic heterocycles. The van der Waals surface area contributed by atoms with E-state index in [1.807, 2.05) is 0 Å². The van der Waals surface area contributed by atoms with Crippen molar-refractivity contribution in [2.45, 2.75) is 51.0 Å². The lowest BCUT2D eigenvalue weighted by atomic mass is 10.2. The summed E-state index contributed by atoms with van der Waals surface area (Å²) in [6.45, 7) is 6.24. The fourth-order valence-corrected chi connectivity index (χ4v) is 2.39. The molecular weight excluding hydrogens is 211 g/mol. The van der Waals surface area contributed by atoms with E-state index in [9.17, 15) is 9.18 Å². The van der Waals surface area contributed by atoms with Gasteiger partial charge in [0.2, 0.25) is 0 Å². The van der Waals surface area contributed by atoms with Crippen LogP contribution in [0.5, 0.6) is 0 Å². The summed E-state index contributed by atoms with van der Waals surface area (Å²) in [5.74, 6) is -1.55. The van der Waals surface area contributed by atoms with Gasteiger partial charge in [-0.2, -0.15) is 0 Å². The second kappa shape index (κ2) is 3.58. The molecule has 2 aliphatic rings. The molecule has 4 nitrogen and oxygen atoms in total. The van der Waals surface area contributed by atoms with Crippen LogP contribution in [0.25, 0.3) is 0 Å². The predicted molar refractivity (Wildman–Crippen MR) is 57.8 cm³/mol. The van der Waals surface area contributed by atoms with Crippen molar-refractivity contribution in [2.24, 2.45) is 0 Å². The van der Waals surface area contributed by atoms with Crippen molar-refractivity contribution in [1.29, 1.82) is 0 Å². The van der Waals surface area contributed by atoms with Crippen molar-refractivity contribution in [1.82, 2.24) is 10.2 Å². The van der Waals surface area contributed by atoms with Gasteiger partial charge in [0.15, 0.2) is 5.79 Å². The highest BCUT2D eigenvalue weighted by Crippen LogP contribution is 2.38. The van der Waals surface area contributed by atoms with Gasteiger partial charge in [-0.15, -0.1) is 0 Å². The molecule has 0 radical (unpaired) electrons. The highest BCUT2D eigenvalue weighted by molar-refractivity contribution is 5.70. The summed E-state index contributed by atoms with van der Waals surface area (Å²) >= 11 is 0. The number of nitrogens with one attached hydrogen (secondary N) is 1. The average Bonchev–Trinajstić information content (AvgIpc) is 2.30. The first kappa shape index (κ1) is 11.6. The zero-order valence-corrected chi connectivity index (χ0v) is 10.0. The molecule has 0 spiro atoms. The van der Waals surface area contributed by atoms with E-state index < -0.39 is 17.5 Å². The lowest BCUT2D eigenvalue weighted by Gasteiger charge is -2.39. The van der Waals surface area contributed by atoms with E-state index in [1.165, 1.54) is 4.90 Å². The normalized spacial score (nSPS) is 34.0. The summed E-state index contributed by atoms with van der Waals surface area (Å²) in [4.78, 5) is 13.2. The van der Waals surface area contributed by atoms with Gasteiger partial charge in [0.1, 0.15) is 5.60 Å². The van der Waals surface area contributed by atoms with E-state index >= 15 is 0 Å². The van der Waals surface area contributed by atoms with Gasteiger partial charge in [0.05, 0.1) is 6.04 Å². The summed E-state index contributed by atoms with van der Waals surface area (Å²) in [7, 11) is 0. The first-order valence-electron chi connectivity index (χ1n) is 5.74. The smallest absolute Gasteiger partial charge is 0.413 e. The van der Waals surface area contributed by atoms with Gasteiger partial charge in [-0.1, -0.05) is 0 Å². The summed E-state index contributed by atoms with van der Waals surface area (Å²) in [6, 6.07) is -0.0615. The van der Waals surface area contributed by atoms with Crippen LogP contribution in [0.1, 0.15) is 33.6 Å². The third kappa shape index (κ3) is 2.00. The van der Waals surface area contributed by atoms with Crippen molar-refractivity contribution in [3.8, 4) is 0 Å². The number of alkyl halides is 1. The third-order valence-electron chi connectivity index (χ3n) is 3.02. The number of carbonyl (C=O) groups excluding carboxylic acids is 1. The molecule has 2 heterocycles. The molecule has 2 atom stereocenters. The van der Waals surface area contributed by atoms with Gasteiger partial charge in [0, 0.05) is 19.5 Å². The van der Waals surface area contributed by atoms with Crippen LogP contribution >= 0.6 is 0 Å². The molecule has 92 valence electrons. The Bertz CT molecular complexity index is 299. The topological polar surface area (TPSA) is 41.6 Å². The largest absolute Gasteiger partial charge is 0.444 e. The number of hydrogen-bond donors (Lipinski definition) is 1. The van der Waals surface area contributed by atoms with Gasteiger partial charge in [-0.25, -0.2) is 9.18 Å². The summed E-state index contributed by atoms with van der Waals surface area (Å²) < 4.78 is 19.6. The van der Waals surface area contributed by atoms with Crippen LogP contribution in [0.3, 0.4) is 0 Å². The number of fused-ring (bicyclic) bond motifs is 2. The van der Waals surface area contributed by atoms with E-state index in [2.05, 4.69) is 5.32 Å². The van der Waals surface area contributed by atoms with Crippen molar-refractivity contribution in [2.75, 3.05) is 13.1 Å². The number of amides is 1. The van der Waals surface area contributed by atoms with Crippen LogP contribution in [-0.4, -0.2) is 41.5 Å². The third-order valence-corrected chi connectivity index (χ3v) is 3.02. The lowest BCUT2D eigenvalue weighted by molar-refractivity contribution is -0.0557. The molecule has 16 heavy (non-hydrogen) atoms. The Morgan fingerprint density at radius 3 is 2.81 bits per heavy atom. The number of carbonyl (C=O) groups is 1. The standard InChI is InChI=1S/C11H19FN2O2/c1-10(2,3)16-9(15)14-8-4-5-11(14,12)7-13-6-8/h8,13H,4-7H2,1-3H3/t8-,11+/m0/s1. The molecule has 0 aliphatic carbocycles. The molecule has 5 heteroatoms. The maximum Gasteiger partial charge on any atom is 0.413 e. The second-order valence-electron chi connectivity index (χ2n) is 5.59. The molecule has 2 fully saturated rings. The van der Waals surface area contributed by atoms with E-state index in [1.54, 1.807) is 20.8 Å². The highest BCUT2D eigenvalue weighted by Gasteiger charge is 2.53. The molecule has 0 saturated carbocycles. The van der Waals surface area contributed by atoms with Crippen LogP contribution in [0.2, 0.25) is 0 Å². The molecular formula is C11H19FN2O2. The summed E-state index contributed by atoms with van der Waals surface area (Å²) in [5.41, 5.74) is -0.572. The fraction of sp³-hybridized carbons (Fsp3) is 0.909. The molecule has 2 bridgehead atoms. The van der Waals surface area contributed by atoms with Gasteiger partial charge >= 0.3 is 6.09 Å². The maximum absolute atomic E-state index is 14.4. The number of nitrogens with zero attached hydrogens (tertiary/aromatic N) is 1. The van der Waals surface area contributed by atoms with Crippen molar-refractivity contribution in [3.05, 3.63) is 0 Å². The van der Waals surface area contributed by atoms with Crippen LogP contribution in [-0.2, 0) is 4.74 Å². The maximum atomic E-state index is 14.4. The SMILES string of the molecule is CC(C)(C)OC(=O)N1[C@H]2CC[C@]1(F)CNC2. The number of halogens is 1. The van der Waals surface area contributed by atoms with Crippen LogP contribution in [0.15, 0.2) is 0 Å². The van der Waals surface area contributed by atoms with Crippen molar-refractivity contribution < 1.29 is 13.9 Å². The van der Waals surface area contributed by atoms with Crippen molar-refractivity contribution in [3.63, 3.8) is 0 Å². The van der Waals surface area contributed by atoms with Crippen LogP contribution < -0.4 is 5.32 Å². The Kier molecular flexibility index (Phi) is 2.61.